The first-order chi connectivity index (χ1) is 10.2. The van der Waals surface area contributed by atoms with E-state index in [0.29, 0.717) is 11.1 Å². The van der Waals surface area contributed by atoms with Gasteiger partial charge in [0.15, 0.2) is 5.65 Å². The molecule has 4 rings (SSSR count). The molecule has 2 aromatic rings. The quantitative estimate of drug-likeness (QED) is 0.926. The molecule has 5 nitrogen and oxygen atoms in total. The van der Waals surface area contributed by atoms with Crippen LogP contribution < -0.4 is 5.32 Å². The average Bonchev–Trinajstić information content (AvgIpc) is 2.80. The van der Waals surface area contributed by atoms with Crippen LogP contribution in [-0.2, 0) is 11.8 Å². The molecule has 1 atom stereocenters. The molecule has 0 bridgehead atoms. The van der Waals surface area contributed by atoms with E-state index in [2.05, 4.69) is 15.3 Å². The maximum Gasteiger partial charge on any atom is 0.163 e. The van der Waals surface area contributed by atoms with Crippen molar-refractivity contribution in [1.29, 1.82) is 0 Å². The molecular weight excluding hydrogens is 288 g/mol. The van der Waals surface area contributed by atoms with E-state index in [1.54, 1.807) is 6.33 Å². The van der Waals surface area contributed by atoms with Crippen molar-refractivity contribution < 1.29 is 4.74 Å². The summed E-state index contributed by atoms with van der Waals surface area (Å²) in [4.78, 5) is 8.92. The lowest BCUT2D eigenvalue weighted by Crippen LogP contribution is -2.49. The van der Waals surface area contributed by atoms with Crippen LogP contribution in [0.5, 0.6) is 0 Å². The standard InChI is InChI=1S/C15H19ClN4O/c1-20-9-17-13-11(16)7-12(19-14(13)20)18-10-3-6-21-15(8-10)4-2-5-15/h7,9-10H,2-6,8H2,1H3,(H,18,19). The first-order valence-electron chi connectivity index (χ1n) is 7.53. The molecule has 2 aromatic heterocycles. The third-order valence-corrected chi connectivity index (χ3v) is 5.02. The maximum absolute atomic E-state index is 6.31. The van der Waals surface area contributed by atoms with Crippen LogP contribution in [0.15, 0.2) is 12.4 Å². The third-order valence-electron chi connectivity index (χ3n) is 4.73. The molecule has 0 radical (unpaired) electrons. The van der Waals surface area contributed by atoms with E-state index in [1.807, 2.05) is 17.7 Å². The number of rotatable bonds is 2. The molecule has 1 saturated heterocycles. The first kappa shape index (κ1) is 13.3. The summed E-state index contributed by atoms with van der Waals surface area (Å²) in [6, 6.07) is 2.29. The van der Waals surface area contributed by atoms with Gasteiger partial charge in [-0.15, -0.1) is 0 Å². The van der Waals surface area contributed by atoms with Crippen molar-refractivity contribution in [3.63, 3.8) is 0 Å². The fraction of sp³-hybridized carbons (Fsp3) is 0.600. The number of aryl methyl sites for hydroxylation is 1. The Morgan fingerprint density at radius 2 is 2.33 bits per heavy atom. The van der Waals surface area contributed by atoms with Gasteiger partial charge in [-0.1, -0.05) is 11.6 Å². The number of ether oxygens (including phenoxy) is 1. The van der Waals surface area contributed by atoms with Crippen molar-refractivity contribution in [2.24, 2.45) is 7.05 Å². The monoisotopic (exact) mass is 306 g/mol. The molecule has 2 fully saturated rings. The van der Waals surface area contributed by atoms with E-state index < -0.39 is 0 Å². The summed E-state index contributed by atoms with van der Waals surface area (Å²) in [5, 5.41) is 4.18. The van der Waals surface area contributed by atoms with Crippen LogP contribution >= 0.6 is 11.6 Å². The van der Waals surface area contributed by atoms with Crippen molar-refractivity contribution in [2.45, 2.75) is 43.7 Å². The van der Waals surface area contributed by atoms with E-state index in [9.17, 15) is 0 Å². The van der Waals surface area contributed by atoms with Gasteiger partial charge in [0.1, 0.15) is 11.3 Å². The van der Waals surface area contributed by atoms with Crippen molar-refractivity contribution in [2.75, 3.05) is 11.9 Å². The topological polar surface area (TPSA) is 52.0 Å². The van der Waals surface area contributed by atoms with Gasteiger partial charge in [0.25, 0.3) is 0 Å². The van der Waals surface area contributed by atoms with Gasteiger partial charge >= 0.3 is 0 Å². The molecule has 1 spiro atoms. The minimum Gasteiger partial charge on any atom is -0.375 e. The average molecular weight is 307 g/mol. The summed E-state index contributed by atoms with van der Waals surface area (Å²) < 4.78 is 7.86. The molecule has 21 heavy (non-hydrogen) atoms. The zero-order valence-electron chi connectivity index (χ0n) is 12.1. The van der Waals surface area contributed by atoms with Gasteiger partial charge in [-0.05, 0) is 32.1 Å². The van der Waals surface area contributed by atoms with Crippen LogP contribution in [0.1, 0.15) is 32.1 Å². The molecule has 1 unspecified atom stereocenters. The van der Waals surface area contributed by atoms with Gasteiger partial charge < -0.3 is 14.6 Å². The third kappa shape index (κ3) is 2.28. The summed E-state index contributed by atoms with van der Waals surface area (Å²) in [5.74, 6) is 0.831. The Bertz CT molecular complexity index is 680. The van der Waals surface area contributed by atoms with Gasteiger partial charge in [0.05, 0.1) is 17.0 Å². The molecule has 0 amide bonds. The second-order valence-electron chi connectivity index (χ2n) is 6.24. The first-order valence-corrected chi connectivity index (χ1v) is 7.91. The molecule has 1 aliphatic heterocycles. The molecule has 1 N–H and O–H groups in total. The van der Waals surface area contributed by atoms with Crippen molar-refractivity contribution in [1.82, 2.24) is 14.5 Å². The van der Waals surface area contributed by atoms with Crippen molar-refractivity contribution in [3.05, 3.63) is 17.4 Å². The highest BCUT2D eigenvalue weighted by Crippen LogP contribution is 2.42. The number of hydrogen-bond acceptors (Lipinski definition) is 4. The summed E-state index contributed by atoms with van der Waals surface area (Å²) in [6.45, 7) is 0.833. The SMILES string of the molecule is Cn1cnc2c(Cl)cc(NC3CCOC4(CCC4)C3)nc21. The van der Waals surface area contributed by atoms with E-state index in [1.165, 1.54) is 19.3 Å². The second-order valence-corrected chi connectivity index (χ2v) is 6.64. The summed E-state index contributed by atoms with van der Waals surface area (Å²) in [7, 11) is 1.93. The Labute approximate surface area is 128 Å². The van der Waals surface area contributed by atoms with Crippen LogP contribution in [0, 0.1) is 0 Å². The Balaban J connectivity index is 1.57. The highest BCUT2D eigenvalue weighted by Gasteiger charge is 2.42. The number of hydrogen-bond donors (Lipinski definition) is 1. The lowest BCUT2D eigenvalue weighted by atomic mass is 9.74. The highest BCUT2D eigenvalue weighted by atomic mass is 35.5. The van der Waals surface area contributed by atoms with E-state index >= 15 is 0 Å². The van der Waals surface area contributed by atoms with Crippen LogP contribution in [0.3, 0.4) is 0 Å². The number of aromatic nitrogens is 3. The molecule has 6 heteroatoms. The zero-order chi connectivity index (χ0) is 14.4. The van der Waals surface area contributed by atoms with Gasteiger partial charge in [-0.25, -0.2) is 9.97 Å². The minimum atomic E-state index is 0.135. The van der Waals surface area contributed by atoms with Crippen molar-refractivity contribution >= 4 is 28.6 Å². The molecule has 2 aliphatic rings. The zero-order valence-corrected chi connectivity index (χ0v) is 12.9. The van der Waals surface area contributed by atoms with Gasteiger partial charge in [-0.3, -0.25) is 0 Å². The van der Waals surface area contributed by atoms with E-state index in [-0.39, 0.29) is 5.60 Å². The lowest BCUT2D eigenvalue weighted by Gasteiger charge is -2.47. The predicted molar refractivity (Wildman–Crippen MR) is 82.7 cm³/mol. The Morgan fingerprint density at radius 3 is 3.10 bits per heavy atom. The predicted octanol–water partition coefficient (Wildman–Crippen LogP) is 3.14. The lowest BCUT2D eigenvalue weighted by molar-refractivity contribution is -0.130. The highest BCUT2D eigenvalue weighted by molar-refractivity contribution is 6.35. The Kier molecular flexibility index (Phi) is 3.08. The van der Waals surface area contributed by atoms with Crippen LogP contribution in [0.2, 0.25) is 5.02 Å². The smallest absolute Gasteiger partial charge is 0.163 e. The number of nitrogens with one attached hydrogen (secondary N) is 1. The maximum atomic E-state index is 6.31. The molecular formula is C15H19ClN4O. The van der Waals surface area contributed by atoms with Gasteiger partial charge in [-0.2, -0.15) is 0 Å². The summed E-state index contributed by atoms with van der Waals surface area (Å²) in [5.41, 5.74) is 1.71. The van der Waals surface area contributed by atoms with Gasteiger partial charge in [0, 0.05) is 25.8 Å². The Morgan fingerprint density at radius 1 is 1.48 bits per heavy atom. The number of pyridine rings is 1. The molecule has 1 saturated carbocycles. The number of halogens is 1. The fourth-order valence-electron chi connectivity index (χ4n) is 3.41. The molecule has 0 aromatic carbocycles. The molecule has 112 valence electrons. The fourth-order valence-corrected chi connectivity index (χ4v) is 3.65. The normalized spacial score (nSPS) is 24.2. The Hall–Kier alpha value is -1.33. The molecule has 1 aliphatic carbocycles. The molecule has 3 heterocycles. The second kappa shape index (κ2) is 4.85. The number of imidazole rings is 1. The van der Waals surface area contributed by atoms with Gasteiger partial charge in [0.2, 0.25) is 0 Å². The number of nitrogens with zero attached hydrogens (tertiary/aromatic N) is 3. The minimum absolute atomic E-state index is 0.135. The summed E-state index contributed by atoms with van der Waals surface area (Å²) >= 11 is 6.31. The largest absolute Gasteiger partial charge is 0.375 e. The van der Waals surface area contributed by atoms with Crippen LogP contribution in [0.25, 0.3) is 11.2 Å². The van der Waals surface area contributed by atoms with Crippen molar-refractivity contribution in [3.8, 4) is 0 Å². The van der Waals surface area contributed by atoms with Crippen LogP contribution in [0.4, 0.5) is 5.82 Å². The number of anilines is 1. The number of fused-ring (bicyclic) bond motifs is 1. The van der Waals surface area contributed by atoms with Crippen LogP contribution in [-0.4, -0.2) is 32.8 Å². The summed E-state index contributed by atoms with van der Waals surface area (Å²) in [6.07, 6.45) is 7.50. The van der Waals surface area contributed by atoms with E-state index in [0.717, 1.165) is 36.4 Å². The van der Waals surface area contributed by atoms with E-state index in [4.69, 9.17) is 16.3 Å².